The first-order valence-corrected chi connectivity index (χ1v) is 22.2. The lowest BCUT2D eigenvalue weighted by atomic mass is 10.0. The fraction of sp³-hybridized carbons (Fsp3) is 0.889. The van der Waals surface area contributed by atoms with Crippen LogP contribution in [-0.2, 0) is 28.6 Å². The van der Waals surface area contributed by atoms with Crippen LogP contribution in [0, 0.1) is 0 Å². The number of hydrogen-bond acceptors (Lipinski definition) is 6. The zero-order chi connectivity index (χ0) is 39.3. The highest BCUT2D eigenvalue weighted by Gasteiger charge is 2.31. The molecule has 1 N–H and O–H groups in total. The summed E-state index contributed by atoms with van der Waals surface area (Å²) in [5.41, 5.74) is 0. The van der Waals surface area contributed by atoms with Gasteiger partial charge in [-0.05, 0) is 38.5 Å². The van der Waals surface area contributed by atoms with Crippen LogP contribution >= 0.6 is 0 Å². The van der Waals surface area contributed by atoms with Crippen molar-refractivity contribution < 1.29 is 38.2 Å². The number of unbranched alkanes of at least 4 members (excludes halogenated alkanes) is 24. The Kier molecular flexibility index (Phi) is 35.7. The highest BCUT2D eigenvalue weighted by molar-refractivity contribution is 5.72. The van der Waals surface area contributed by atoms with E-state index in [-0.39, 0.29) is 36.2 Å². The molecule has 53 heavy (non-hydrogen) atoms. The molecule has 0 aliphatic rings. The number of rotatable bonds is 40. The van der Waals surface area contributed by atoms with Gasteiger partial charge in [-0.3, -0.25) is 9.59 Å². The average molecular weight is 753 g/mol. The van der Waals surface area contributed by atoms with Crippen molar-refractivity contribution in [2.45, 2.75) is 219 Å². The van der Waals surface area contributed by atoms with E-state index in [2.05, 4.69) is 26.0 Å². The lowest BCUT2D eigenvalue weighted by molar-refractivity contribution is -0.887. The van der Waals surface area contributed by atoms with Crippen LogP contribution in [0.4, 0.5) is 0 Å². The third kappa shape index (κ3) is 35.5. The van der Waals surface area contributed by atoms with E-state index >= 15 is 0 Å². The smallest absolute Gasteiger partial charge is 0.362 e. The molecule has 0 aromatic carbocycles. The summed E-state index contributed by atoms with van der Waals surface area (Å²) in [5.74, 6) is -1.46. The molecule has 0 bridgehead atoms. The highest BCUT2D eigenvalue weighted by atomic mass is 16.6. The molecule has 0 fully saturated rings. The summed E-state index contributed by atoms with van der Waals surface area (Å²) in [4.78, 5) is 36.9. The molecule has 0 aromatic heterocycles. The Hall–Kier alpha value is -1.93. The predicted octanol–water partition coefficient (Wildman–Crippen LogP) is 11.9. The zero-order valence-electron chi connectivity index (χ0n) is 35.5. The standard InChI is InChI=1S/C45H85NO7/c1-6-8-10-12-14-16-18-20-21-22-23-24-26-27-29-31-33-35-43(47)52-40-41(39-51-38-37-42(45(49)50)46(3,4)5)53-44(48)36-34-32-30-28-25-19-17-15-13-11-9-7-2/h20-21,41-42H,6-19,22-40H2,1-5H3/p+1/b21-20+. The number of aliphatic carboxylic acids is 1. The van der Waals surface area contributed by atoms with Crippen molar-refractivity contribution >= 4 is 17.9 Å². The van der Waals surface area contributed by atoms with Crippen LogP contribution in [0.5, 0.6) is 0 Å². The van der Waals surface area contributed by atoms with E-state index in [9.17, 15) is 19.5 Å². The number of carbonyl (C=O) groups excluding carboxylic acids is 2. The van der Waals surface area contributed by atoms with Crippen molar-refractivity contribution in [1.82, 2.24) is 0 Å². The number of carboxylic acid groups (broad SMARTS) is 1. The molecule has 0 spiro atoms. The summed E-state index contributed by atoms with van der Waals surface area (Å²) >= 11 is 0. The number of ether oxygens (including phenoxy) is 3. The Morgan fingerprint density at radius 3 is 1.36 bits per heavy atom. The Balaban J connectivity index is 4.30. The molecule has 0 saturated heterocycles. The number of hydrogen-bond donors (Lipinski definition) is 1. The maximum Gasteiger partial charge on any atom is 0.362 e. The Morgan fingerprint density at radius 1 is 0.547 bits per heavy atom. The van der Waals surface area contributed by atoms with Crippen LogP contribution < -0.4 is 0 Å². The van der Waals surface area contributed by atoms with Crippen molar-refractivity contribution in [3.05, 3.63) is 12.2 Å². The minimum Gasteiger partial charge on any atom is -0.477 e. The minimum atomic E-state index is -0.873. The summed E-state index contributed by atoms with van der Waals surface area (Å²) in [5, 5.41) is 9.61. The zero-order valence-corrected chi connectivity index (χ0v) is 35.5. The molecule has 0 amide bonds. The number of esters is 2. The van der Waals surface area contributed by atoms with E-state index in [0.717, 1.165) is 38.5 Å². The molecule has 0 aliphatic carbocycles. The van der Waals surface area contributed by atoms with Crippen LogP contribution in [0.2, 0.25) is 0 Å². The molecule has 0 aliphatic heterocycles. The maximum absolute atomic E-state index is 12.7. The van der Waals surface area contributed by atoms with E-state index in [1.54, 1.807) is 0 Å². The SMILES string of the molecule is CCCCCCCC/C=C/CCCCCCCCCC(=O)OCC(COCCC(C(=O)O)[N+](C)(C)C)OC(=O)CCCCCCCCCCCCCC. The number of carboxylic acids is 1. The van der Waals surface area contributed by atoms with E-state index in [1.807, 2.05) is 21.1 Å². The number of nitrogens with zero attached hydrogens (tertiary/aromatic N) is 1. The second kappa shape index (κ2) is 37.0. The Morgan fingerprint density at radius 2 is 0.943 bits per heavy atom. The molecule has 0 heterocycles. The van der Waals surface area contributed by atoms with Gasteiger partial charge in [-0.2, -0.15) is 0 Å². The van der Waals surface area contributed by atoms with Gasteiger partial charge in [0.05, 0.1) is 34.4 Å². The van der Waals surface area contributed by atoms with Gasteiger partial charge >= 0.3 is 17.9 Å². The average Bonchev–Trinajstić information content (AvgIpc) is 3.11. The number of quaternary nitrogens is 1. The molecule has 0 saturated carbocycles. The number of carbonyl (C=O) groups is 3. The van der Waals surface area contributed by atoms with Crippen molar-refractivity contribution in [3.8, 4) is 0 Å². The molecule has 0 radical (unpaired) electrons. The number of likely N-dealkylation sites (N-methyl/N-ethyl adjacent to an activating group) is 1. The van der Waals surface area contributed by atoms with Gasteiger partial charge in [-0.15, -0.1) is 0 Å². The first-order chi connectivity index (χ1) is 25.6. The molecule has 2 atom stereocenters. The van der Waals surface area contributed by atoms with Gasteiger partial charge in [-0.1, -0.05) is 161 Å². The Labute approximate surface area is 327 Å². The first kappa shape index (κ1) is 51.1. The van der Waals surface area contributed by atoms with Gasteiger partial charge in [0.2, 0.25) is 0 Å². The van der Waals surface area contributed by atoms with Crippen LogP contribution in [0.3, 0.4) is 0 Å². The Bertz CT molecular complexity index is 885. The van der Waals surface area contributed by atoms with Crippen LogP contribution in [0.1, 0.15) is 206 Å². The fourth-order valence-corrected chi connectivity index (χ4v) is 6.67. The first-order valence-electron chi connectivity index (χ1n) is 22.2. The summed E-state index contributed by atoms with van der Waals surface area (Å²) in [6, 6.07) is -0.610. The van der Waals surface area contributed by atoms with E-state index in [1.165, 1.54) is 135 Å². The van der Waals surface area contributed by atoms with E-state index in [4.69, 9.17) is 14.2 Å². The third-order valence-corrected chi connectivity index (χ3v) is 10.2. The van der Waals surface area contributed by atoms with Gasteiger partial charge in [0, 0.05) is 19.3 Å². The van der Waals surface area contributed by atoms with Gasteiger partial charge in [0.25, 0.3) is 0 Å². The summed E-state index contributed by atoms with van der Waals surface area (Å²) in [7, 11) is 5.53. The quantitative estimate of drug-likeness (QED) is 0.0288. The van der Waals surface area contributed by atoms with Gasteiger partial charge in [0.1, 0.15) is 6.61 Å². The van der Waals surface area contributed by atoms with Gasteiger partial charge in [-0.25, -0.2) is 4.79 Å². The lowest BCUT2D eigenvalue weighted by Crippen LogP contribution is -2.50. The summed E-state index contributed by atoms with van der Waals surface area (Å²) in [6.07, 6.45) is 38.2. The van der Waals surface area contributed by atoms with Gasteiger partial charge in [0.15, 0.2) is 12.1 Å². The van der Waals surface area contributed by atoms with Crippen molar-refractivity contribution in [1.29, 1.82) is 0 Å². The molecular formula is C45H86NO7+. The summed E-state index contributed by atoms with van der Waals surface area (Å²) in [6.45, 7) is 4.74. The van der Waals surface area contributed by atoms with Crippen molar-refractivity contribution in [2.75, 3.05) is 41.0 Å². The second-order valence-corrected chi connectivity index (χ2v) is 16.3. The van der Waals surface area contributed by atoms with Crippen LogP contribution in [0.15, 0.2) is 12.2 Å². The van der Waals surface area contributed by atoms with E-state index < -0.39 is 18.1 Å². The van der Waals surface area contributed by atoms with Crippen molar-refractivity contribution in [2.24, 2.45) is 0 Å². The normalized spacial score (nSPS) is 13.0. The third-order valence-electron chi connectivity index (χ3n) is 10.2. The minimum absolute atomic E-state index is 0.0475. The topological polar surface area (TPSA) is 99.1 Å². The molecule has 8 nitrogen and oxygen atoms in total. The predicted molar refractivity (Wildman–Crippen MR) is 220 cm³/mol. The molecule has 8 heteroatoms. The second-order valence-electron chi connectivity index (χ2n) is 16.3. The number of allylic oxidation sites excluding steroid dienone is 2. The lowest BCUT2D eigenvalue weighted by Gasteiger charge is -2.31. The van der Waals surface area contributed by atoms with Crippen LogP contribution in [0.25, 0.3) is 0 Å². The molecule has 0 aromatic rings. The molecular weight excluding hydrogens is 666 g/mol. The molecule has 0 rings (SSSR count). The fourth-order valence-electron chi connectivity index (χ4n) is 6.67. The maximum atomic E-state index is 12.7. The summed E-state index contributed by atoms with van der Waals surface area (Å²) < 4.78 is 17.3. The van der Waals surface area contributed by atoms with Crippen LogP contribution in [-0.4, -0.2) is 80.6 Å². The largest absolute Gasteiger partial charge is 0.477 e. The highest BCUT2D eigenvalue weighted by Crippen LogP contribution is 2.15. The van der Waals surface area contributed by atoms with E-state index in [0.29, 0.717) is 19.3 Å². The van der Waals surface area contributed by atoms with Crippen molar-refractivity contribution in [3.63, 3.8) is 0 Å². The monoisotopic (exact) mass is 753 g/mol. The molecule has 312 valence electrons. The molecule has 2 unspecified atom stereocenters. The van der Waals surface area contributed by atoms with Gasteiger partial charge < -0.3 is 23.8 Å².